The van der Waals surface area contributed by atoms with Crippen molar-refractivity contribution in [3.8, 4) is 0 Å². The van der Waals surface area contributed by atoms with Crippen LogP contribution in [0.1, 0.15) is 49.7 Å². The van der Waals surface area contributed by atoms with Crippen molar-refractivity contribution < 1.29 is 0 Å². The number of allylic oxidation sites excluding steroid dienone is 2. The van der Waals surface area contributed by atoms with Gasteiger partial charge >= 0.3 is 0 Å². The van der Waals surface area contributed by atoms with Gasteiger partial charge in [0.2, 0.25) is 0 Å². The third-order valence-corrected chi connectivity index (χ3v) is 3.18. The molecule has 0 saturated heterocycles. The van der Waals surface area contributed by atoms with Crippen molar-refractivity contribution in [3.63, 3.8) is 0 Å². The van der Waals surface area contributed by atoms with E-state index >= 15 is 0 Å². The first-order valence-electron chi connectivity index (χ1n) is 6.12. The van der Waals surface area contributed by atoms with Crippen LogP contribution in [0.5, 0.6) is 0 Å². The molecule has 1 aromatic rings. The average molecular weight is 200 g/mol. The molecule has 1 aromatic carbocycles. The lowest BCUT2D eigenvalue weighted by Gasteiger charge is -2.12. The highest BCUT2D eigenvalue weighted by molar-refractivity contribution is 5.66. The van der Waals surface area contributed by atoms with Crippen LogP contribution in [0.4, 0.5) is 0 Å². The summed E-state index contributed by atoms with van der Waals surface area (Å²) in [5.74, 6) is 0. The van der Waals surface area contributed by atoms with Crippen molar-refractivity contribution >= 4 is 5.57 Å². The molecule has 0 nitrogen and oxygen atoms in total. The van der Waals surface area contributed by atoms with Gasteiger partial charge in [-0.05, 0) is 43.7 Å². The summed E-state index contributed by atoms with van der Waals surface area (Å²) < 4.78 is 0. The zero-order valence-electron chi connectivity index (χ0n) is 9.63. The molecule has 0 saturated carbocycles. The smallest absolute Gasteiger partial charge is 0.0225 e. The van der Waals surface area contributed by atoms with E-state index in [-0.39, 0.29) is 0 Å². The Morgan fingerprint density at radius 1 is 1.00 bits per heavy atom. The van der Waals surface area contributed by atoms with E-state index in [9.17, 15) is 0 Å². The Kier molecular flexibility index (Phi) is 3.60. The quantitative estimate of drug-likeness (QED) is 0.614. The van der Waals surface area contributed by atoms with Crippen LogP contribution in [0.25, 0.3) is 5.57 Å². The molecule has 0 spiro atoms. The molecule has 1 aliphatic carbocycles. The fourth-order valence-corrected chi connectivity index (χ4v) is 2.30. The van der Waals surface area contributed by atoms with E-state index in [1.165, 1.54) is 49.7 Å². The summed E-state index contributed by atoms with van der Waals surface area (Å²) >= 11 is 0. The normalized spacial score (nSPS) is 21.3. The van der Waals surface area contributed by atoms with Crippen molar-refractivity contribution in [1.82, 2.24) is 0 Å². The minimum atomic E-state index is 1.27. The number of hydrogen-bond acceptors (Lipinski definition) is 0. The van der Waals surface area contributed by atoms with Crippen LogP contribution in [0, 0.1) is 6.92 Å². The molecule has 0 amide bonds. The third kappa shape index (κ3) is 2.95. The predicted molar refractivity (Wildman–Crippen MR) is 66.9 cm³/mol. The molecule has 2 rings (SSSR count). The maximum Gasteiger partial charge on any atom is -0.0225 e. The first-order chi connectivity index (χ1) is 7.36. The van der Waals surface area contributed by atoms with Crippen molar-refractivity contribution in [1.29, 1.82) is 0 Å². The van der Waals surface area contributed by atoms with Crippen LogP contribution in [-0.2, 0) is 0 Å². The van der Waals surface area contributed by atoms with Gasteiger partial charge in [-0.2, -0.15) is 0 Å². The second kappa shape index (κ2) is 5.16. The molecule has 0 radical (unpaired) electrons. The van der Waals surface area contributed by atoms with Crippen LogP contribution in [0.3, 0.4) is 0 Å². The Hall–Kier alpha value is -1.04. The monoisotopic (exact) mass is 200 g/mol. The summed E-state index contributed by atoms with van der Waals surface area (Å²) in [5.41, 5.74) is 4.38. The SMILES string of the molecule is Cc1cccc(/C2=C\CCCCCC2)c1. The van der Waals surface area contributed by atoms with Crippen molar-refractivity contribution in [2.75, 3.05) is 0 Å². The summed E-state index contributed by atoms with van der Waals surface area (Å²) in [6.45, 7) is 2.17. The highest BCUT2D eigenvalue weighted by Gasteiger charge is 2.04. The molecule has 80 valence electrons. The summed E-state index contributed by atoms with van der Waals surface area (Å²) in [6.07, 6.45) is 10.5. The van der Waals surface area contributed by atoms with Crippen LogP contribution >= 0.6 is 0 Å². The molecule has 1 aliphatic rings. The van der Waals surface area contributed by atoms with E-state index in [1.54, 1.807) is 5.57 Å². The fourth-order valence-electron chi connectivity index (χ4n) is 2.30. The molecule has 0 bridgehead atoms. The molecule has 0 N–H and O–H groups in total. The summed E-state index contributed by atoms with van der Waals surface area (Å²) in [7, 11) is 0. The van der Waals surface area contributed by atoms with E-state index in [0.29, 0.717) is 0 Å². The molecule has 0 aliphatic heterocycles. The largest absolute Gasteiger partial charge is 0.0807 e. The zero-order valence-corrected chi connectivity index (χ0v) is 9.63. The van der Waals surface area contributed by atoms with Gasteiger partial charge in [-0.3, -0.25) is 0 Å². The van der Waals surface area contributed by atoms with Gasteiger partial charge in [-0.1, -0.05) is 48.7 Å². The Labute approximate surface area is 93.0 Å². The first kappa shape index (κ1) is 10.5. The molecule has 15 heavy (non-hydrogen) atoms. The first-order valence-corrected chi connectivity index (χ1v) is 6.12. The van der Waals surface area contributed by atoms with E-state index in [2.05, 4.69) is 37.3 Å². The lowest BCUT2D eigenvalue weighted by Crippen LogP contribution is -1.90. The van der Waals surface area contributed by atoms with Gasteiger partial charge in [-0.15, -0.1) is 0 Å². The van der Waals surface area contributed by atoms with Gasteiger partial charge < -0.3 is 0 Å². The van der Waals surface area contributed by atoms with Crippen LogP contribution < -0.4 is 0 Å². The van der Waals surface area contributed by atoms with Gasteiger partial charge in [0.15, 0.2) is 0 Å². The zero-order chi connectivity index (χ0) is 10.5. The second-order valence-electron chi connectivity index (χ2n) is 4.55. The van der Waals surface area contributed by atoms with Gasteiger partial charge in [0.1, 0.15) is 0 Å². The molecule has 0 heterocycles. The van der Waals surface area contributed by atoms with E-state index in [1.807, 2.05) is 0 Å². The maximum absolute atomic E-state index is 2.45. The highest BCUT2D eigenvalue weighted by atomic mass is 14.1. The Morgan fingerprint density at radius 3 is 2.73 bits per heavy atom. The third-order valence-electron chi connectivity index (χ3n) is 3.18. The highest BCUT2D eigenvalue weighted by Crippen LogP contribution is 2.25. The Balaban J connectivity index is 2.20. The van der Waals surface area contributed by atoms with Gasteiger partial charge in [0.05, 0.1) is 0 Å². The van der Waals surface area contributed by atoms with Crippen molar-refractivity contribution in [2.24, 2.45) is 0 Å². The minimum absolute atomic E-state index is 1.27. The van der Waals surface area contributed by atoms with Gasteiger partial charge in [-0.25, -0.2) is 0 Å². The standard InChI is InChI=1S/C15H20/c1-13-8-7-11-15(12-13)14-9-5-3-2-4-6-10-14/h7-9,11-12H,2-6,10H2,1H3/b14-9-. The fraction of sp³-hybridized carbons (Fsp3) is 0.467. The summed E-state index contributed by atoms with van der Waals surface area (Å²) in [5, 5.41) is 0. The number of aryl methyl sites for hydroxylation is 1. The molecule has 0 aromatic heterocycles. The molecular weight excluding hydrogens is 180 g/mol. The maximum atomic E-state index is 2.45. The number of rotatable bonds is 1. The van der Waals surface area contributed by atoms with Crippen LogP contribution in [0.2, 0.25) is 0 Å². The van der Waals surface area contributed by atoms with Crippen LogP contribution in [0.15, 0.2) is 30.3 Å². The van der Waals surface area contributed by atoms with E-state index < -0.39 is 0 Å². The molecule has 0 unspecified atom stereocenters. The topological polar surface area (TPSA) is 0 Å². The van der Waals surface area contributed by atoms with E-state index in [4.69, 9.17) is 0 Å². The predicted octanol–water partition coefficient (Wildman–Crippen LogP) is 4.73. The van der Waals surface area contributed by atoms with Gasteiger partial charge in [0, 0.05) is 0 Å². The van der Waals surface area contributed by atoms with Crippen molar-refractivity contribution in [2.45, 2.75) is 45.4 Å². The molecule has 0 heteroatoms. The second-order valence-corrected chi connectivity index (χ2v) is 4.55. The lowest BCUT2D eigenvalue weighted by atomic mass is 9.94. The lowest BCUT2D eigenvalue weighted by molar-refractivity contribution is 0.643. The van der Waals surface area contributed by atoms with Crippen LogP contribution in [-0.4, -0.2) is 0 Å². The number of benzene rings is 1. The Morgan fingerprint density at radius 2 is 1.87 bits per heavy atom. The molecular formula is C15H20. The molecule has 0 atom stereocenters. The minimum Gasteiger partial charge on any atom is -0.0807 e. The molecule has 0 fully saturated rings. The van der Waals surface area contributed by atoms with Gasteiger partial charge in [0.25, 0.3) is 0 Å². The van der Waals surface area contributed by atoms with E-state index in [0.717, 1.165) is 0 Å². The van der Waals surface area contributed by atoms with Crippen molar-refractivity contribution in [3.05, 3.63) is 41.5 Å². The average Bonchev–Trinajstić information content (AvgIpc) is 2.16. The summed E-state index contributed by atoms with van der Waals surface area (Å²) in [4.78, 5) is 0. The summed E-state index contributed by atoms with van der Waals surface area (Å²) in [6, 6.07) is 8.91. The Bertz CT molecular complexity index is 347. The number of hydrogen-bond donors (Lipinski definition) is 0.